The Morgan fingerprint density at radius 2 is 1.65 bits per heavy atom. The summed E-state index contributed by atoms with van der Waals surface area (Å²) in [5, 5.41) is 0.594. The summed E-state index contributed by atoms with van der Waals surface area (Å²) in [7, 11) is 0. The average molecular weight is 504 g/mol. The van der Waals surface area contributed by atoms with Crippen molar-refractivity contribution in [3.8, 4) is 17.2 Å². The lowest BCUT2D eigenvalue weighted by Crippen LogP contribution is -2.24. The molecule has 0 aliphatic heterocycles. The minimum absolute atomic E-state index is 0.0534. The summed E-state index contributed by atoms with van der Waals surface area (Å²) >= 11 is 10.1. The summed E-state index contributed by atoms with van der Waals surface area (Å²) in [4.78, 5) is 0. The summed E-state index contributed by atoms with van der Waals surface area (Å²) < 4.78 is 18.7. The molecule has 3 nitrogen and oxygen atoms in total. The number of hydrogen-bond donors (Lipinski definition) is 0. The van der Waals surface area contributed by atoms with Gasteiger partial charge in [0.25, 0.3) is 0 Å². The lowest BCUT2D eigenvalue weighted by molar-refractivity contribution is 0.0823. The van der Waals surface area contributed by atoms with E-state index in [1.807, 2.05) is 74.5 Å². The standard InChI is InChI=1S/C26H28BrClO3/c1-18(2)30-25-23(27)14-20(15-24(25)28)26(3,4)17-29-16-19-9-8-12-22(13-19)31-21-10-6-5-7-11-21/h5-15,18H,16-17H2,1-4H3. The highest BCUT2D eigenvalue weighted by molar-refractivity contribution is 9.10. The van der Waals surface area contributed by atoms with Crippen LogP contribution in [0.2, 0.25) is 5.02 Å². The van der Waals surface area contributed by atoms with Gasteiger partial charge in [-0.25, -0.2) is 0 Å². The maximum absolute atomic E-state index is 6.49. The molecule has 31 heavy (non-hydrogen) atoms. The van der Waals surface area contributed by atoms with Crippen molar-refractivity contribution in [2.45, 2.75) is 45.8 Å². The molecule has 164 valence electrons. The van der Waals surface area contributed by atoms with Crippen LogP contribution in [0.5, 0.6) is 17.2 Å². The van der Waals surface area contributed by atoms with E-state index in [1.54, 1.807) is 0 Å². The number of ether oxygens (including phenoxy) is 3. The van der Waals surface area contributed by atoms with Gasteiger partial charge in [0.05, 0.1) is 28.8 Å². The first kappa shape index (κ1) is 23.6. The van der Waals surface area contributed by atoms with Gasteiger partial charge in [0.15, 0.2) is 5.75 Å². The van der Waals surface area contributed by atoms with Gasteiger partial charge in [0.2, 0.25) is 0 Å². The van der Waals surface area contributed by atoms with Crippen LogP contribution >= 0.6 is 27.5 Å². The van der Waals surface area contributed by atoms with Crippen molar-refractivity contribution in [3.05, 3.63) is 87.4 Å². The third-order valence-electron chi connectivity index (χ3n) is 4.74. The van der Waals surface area contributed by atoms with Crippen molar-refractivity contribution < 1.29 is 14.2 Å². The predicted molar refractivity (Wildman–Crippen MR) is 131 cm³/mol. The molecule has 0 unspecified atom stereocenters. The number of rotatable bonds is 9. The monoisotopic (exact) mass is 502 g/mol. The Hall–Kier alpha value is -2.01. The fraction of sp³-hybridized carbons (Fsp3) is 0.308. The van der Waals surface area contributed by atoms with Gasteiger partial charge < -0.3 is 14.2 Å². The van der Waals surface area contributed by atoms with Gasteiger partial charge in [0, 0.05) is 5.41 Å². The van der Waals surface area contributed by atoms with Crippen LogP contribution in [0.15, 0.2) is 71.2 Å². The first-order chi connectivity index (χ1) is 14.7. The highest BCUT2D eigenvalue weighted by atomic mass is 79.9. The van der Waals surface area contributed by atoms with Gasteiger partial charge in [0.1, 0.15) is 11.5 Å². The second kappa shape index (κ2) is 10.5. The van der Waals surface area contributed by atoms with Gasteiger partial charge in [-0.3, -0.25) is 0 Å². The molecule has 0 amide bonds. The summed E-state index contributed by atoms with van der Waals surface area (Å²) in [6, 6.07) is 21.7. The zero-order valence-corrected chi connectivity index (χ0v) is 20.7. The predicted octanol–water partition coefficient (Wildman–Crippen LogP) is 8.18. The molecule has 0 fully saturated rings. The summed E-state index contributed by atoms with van der Waals surface area (Å²) in [6.45, 7) is 9.29. The molecule has 3 aromatic rings. The van der Waals surface area contributed by atoms with Crippen LogP contribution in [0, 0.1) is 0 Å². The third-order valence-corrected chi connectivity index (χ3v) is 5.61. The van der Waals surface area contributed by atoms with Crippen molar-refractivity contribution in [1.29, 1.82) is 0 Å². The minimum atomic E-state index is -0.222. The van der Waals surface area contributed by atoms with Gasteiger partial charge in [-0.2, -0.15) is 0 Å². The first-order valence-corrected chi connectivity index (χ1v) is 11.5. The van der Waals surface area contributed by atoms with E-state index in [0.29, 0.717) is 24.0 Å². The van der Waals surface area contributed by atoms with E-state index in [1.165, 1.54) is 0 Å². The number of halogens is 2. The largest absolute Gasteiger partial charge is 0.488 e. The highest BCUT2D eigenvalue weighted by Crippen LogP contribution is 2.39. The molecule has 0 N–H and O–H groups in total. The molecule has 0 aliphatic rings. The van der Waals surface area contributed by atoms with Crippen LogP contribution in [0.25, 0.3) is 0 Å². The van der Waals surface area contributed by atoms with Crippen molar-refractivity contribution in [1.82, 2.24) is 0 Å². The molecule has 5 heteroatoms. The van der Waals surface area contributed by atoms with Crippen LogP contribution < -0.4 is 9.47 Å². The van der Waals surface area contributed by atoms with Crippen LogP contribution in [0.1, 0.15) is 38.8 Å². The molecule has 0 bridgehead atoms. The van der Waals surface area contributed by atoms with Crippen LogP contribution in [-0.4, -0.2) is 12.7 Å². The maximum Gasteiger partial charge on any atom is 0.152 e. The Morgan fingerprint density at radius 1 is 0.935 bits per heavy atom. The minimum Gasteiger partial charge on any atom is -0.488 e. The molecule has 3 rings (SSSR count). The molecule has 3 aromatic carbocycles. The molecule has 0 radical (unpaired) electrons. The number of benzene rings is 3. The molecule has 0 saturated carbocycles. The normalized spacial score (nSPS) is 11.6. The Labute approximate surface area is 198 Å². The van der Waals surface area contributed by atoms with Crippen molar-refractivity contribution >= 4 is 27.5 Å². The van der Waals surface area contributed by atoms with Crippen LogP contribution in [0.3, 0.4) is 0 Å². The fourth-order valence-corrected chi connectivity index (χ4v) is 4.06. The van der Waals surface area contributed by atoms with E-state index in [4.69, 9.17) is 25.8 Å². The molecular weight excluding hydrogens is 476 g/mol. The van der Waals surface area contributed by atoms with E-state index in [2.05, 4.69) is 35.8 Å². The Balaban J connectivity index is 1.63. The Kier molecular flexibility index (Phi) is 8.04. The highest BCUT2D eigenvalue weighted by Gasteiger charge is 2.24. The summed E-state index contributed by atoms with van der Waals surface area (Å²) in [5.41, 5.74) is 1.92. The topological polar surface area (TPSA) is 27.7 Å². The maximum atomic E-state index is 6.49. The van der Waals surface area contributed by atoms with E-state index in [9.17, 15) is 0 Å². The quantitative estimate of drug-likeness (QED) is 0.295. The average Bonchev–Trinajstić information content (AvgIpc) is 2.71. The lowest BCUT2D eigenvalue weighted by atomic mass is 9.85. The van der Waals surface area contributed by atoms with Crippen LogP contribution in [0.4, 0.5) is 0 Å². The molecule has 0 aromatic heterocycles. The van der Waals surface area contributed by atoms with E-state index in [-0.39, 0.29) is 11.5 Å². The zero-order valence-electron chi connectivity index (χ0n) is 18.3. The van der Waals surface area contributed by atoms with Crippen molar-refractivity contribution in [3.63, 3.8) is 0 Å². The molecule has 0 atom stereocenters. The third kappa shape index (κ3) is 6.73. The van der Waals surface area contributed by atoms with Gasteiger partial charge >= 0.3 is 0 Å². The van der Waals surface area contributed by atoms with E-state index >= 15 is 0 Å². The number of hydrogen-bond acceptors (Lipinski definition) is 3. The summed E-state index contributed by atoms with van der Waals surface area (Å²) in [6.07, 6.45) is 0.0534. The second-order valence-corrected chi connectivity index (χ2v) is 9.64. The fourth-order valence-electron chi connectivity index (χ4n) is 3.13. The number of para-hydroxylation sites is 1. The molecule has 0 saturated heterocycles. The first-order valence-electron chi connectivity index (χ1n) is 10.3. The SMILES string of the molecule is CC(C)Oc1c(Cl)cc(C(C)(C)COCc2cccc(Oc3ccccc3)c2)cc1Br. The molecule has 0 heterocycles. The van der Waals surface area contributed by atoms with Crippen LogP contribution in [-0.2, 0) is 16.8 Å². The van der Waals surface area contributed by atoms with Gasteiger partial charge in [-0.05, 0) is 77.3 Å². The Bertz CT molecular complexity index is 980. The van der Waals surface area contributed by atoms with E-state index < -0.39 is 0 Å². The Morgan fingerprint density at radius 3 is 2.32 bits per heavy atom. The van der Waals surface area contributed by atoms with Crippen molar-refractivity contribution in [2.24, 2.45) is 0 Å². The second-order valence-electron chi connectivity index (χ2n) is 8.37. The lowest BCUT2D eigenvalue weighted by Gasteiger charge is -2.26. The van der Waals surface area contributed by atoms with E-state index in [0.717, 1.165) is 27.1 Å². The van der Waals surface area contributed by atoms with Crippen molar-refractivity contribution in [2.75, 3.05) is 6.61 Å². The van der Waals surface area contributed by atoms with Gasteiger partial charge in [-0.1, -0.05) is 55.8 Å². The van der Waals surface area contributed by atoms with Gasteiger partial charge in [-0.15, -0.1) is 0 Å². The molecular formula is C26H28BrClO3. The summed E-state index contributed by atoms with van der Waals surface area (Å²) in [5.74, 6) is 2.28. The molecule has 0 spiro atoms. The zero-order chi connectivity index (χ0) is 22.4. The smallest absolute Gasteiger partial charge is 0.152 e. The molecule has 0 aliphatic carbocycles.